The number of nitrogens with zero attached hydrogens (tertiary/aromatic N) is 4. The quantitative estimate of drug-likeness (QED) is 0.659. The van der Waals surface area contributed by atoms with Gasteiger partial charge in [0.05, 0.1) is 17.7 Å². The highest BCUT2D eigenvalue weighted by Crippen LogP contribution is 2.24. The van der Waals surface area contributed by atoms with E-state index in [4.69, 9.17) is 0 Å². The molecule has 9 heteroatoms. The van der Waals surface area contributed by atoms with Gasteiger partial charge in [-0.05, 0) is 24.6 Å². The van der Waals surface area contributed by atoms with Gasteiger partial charge in [0.2, 0.25) is 0 Å². The Morgan fingerprint density at radius 1 is 1.19 bits per heavy atom. The van der Waals surface area contributed by atoms with Crippen LogP contribution in [0.5, 0.6) is 0 Å². The van der Waals surface area contributed by atoms with E-state index in [0.29, 0.717) is 17.7 Å². The standard InChI is InChI=1S/C17H16F2N4O2S/c1-2-8-26(24,25)11-13-5-6-14(18)17(16(13)19)23-10-15(21-22-23)12-4-3-7-20-9-12/h3-7,9-10H,2,8,11H2,1H3. The maximum atomic E-state index is 14.8. The molecule has 0 aliphatic carbocycles. The van der Waals surface area contributed by atoms with Gasteiger partial charge in [0.1, 0.15) is 11.4 Å². The van der Waals surface area contributed by atoms with E-state index in [1.54, 1.807) is 31.5 Å². The molecule has 0 radical (unpaired) electrons. The molecular weight excluding hydrogens is 362 g/mol. The average molecular weight is 378 g/mol. The van der Waals surface area contributed by atoms with Crippen LogP contribution in [0.3, 0.4) is 0 Å². The van der Waals surface area contributed by atoms with Crippen LogP contribution in [0.1, 0.15) is 18.9 Å². The normalized spacial score (nSPS) is 11.7. The smallest absolute Gasteiger partial charge is 0.156 e. The lowest BCUT2D eigenvalue weighted by atomic mass is 10.2. The van der Waals surface area contributed by atoms with Crippen molar-refractivity contribution in [1.29, 1.82) is 0 Å². The first-order valence-corrected chi connectivity index (χ1v) is 9.74. The first-order valence-electron chi connectivity index (χ1n) is 7.91. The first-order chi connectivity index (χ1) is 12.4. The van der Waals surface area contributed by atoms with E-state index in [9.17, 15) is 17.2 Å². The van der Waals surface area contributed by atoms with Gasteiger partial charge in [-0.2, -0.15) is 0 Å². The number of aromatic nitrogens is 4. The molecule has 26 heavy (non-hydrogen) atoms. The van der Waals surface area contributed by atoms with E-state index in [-0.39, 0.29) is 11.3 Å². The fourth-order valence-corrected chi connectivity index (χ4v) is 4.01. The maximum Gasteiger partial charge on any atom is 0.156 e. The van der Waals surface area contributed by atoms with Crippen molar-refractivity contribution in [3.05, 3.63) is 60.1 Å². The lowest BCUT2D eigenvalue weighted by molar-refractivity contribution is 0.547. The fourth-order valence-electron chi connectivity index (χ4n) is 2.54. The highest BCUT2D eigenvalue weighted by molar-refractivity contribution is 7.90. The van der Waals surface area contributed by atoms with Crippen molar-refractivity contribution in [2.45, 2.75) is 19.1 Å². The second-order valence-corrected chi connectivity index (χ2v) is 7.94. The van der Waals surface area contributed by atoms with Crippen LogP contribution in [0.25, 0.3) is 16.9 Å². The number of halogens is 2. The number of rotatable bonds is 6. The van der Waals surface area contributed by atoms with E-state index in [0.717, 1.165) is 16.8 Å². The Labute approximate surface area is 149 Å². The minimum Gasteiger partial charge on any atom is -0.264 e. The third-order valence-electron chi connectivity index (χ3n) is 3.72. The van der Waals surface area contributed by atoms with Gasteiger partial charge < -0.3 is 0 Å². The number of sulfone groups is 1. The molecule has 0 saturated carbocycles. The summed E-state index contributed by atoms with van der Waals surface area (Å²) in [5.74, 6) is -2.38. The molecular formula is C17H16F2N4O2S. The van der Waals surface area contributed by atoms with Crippen LogP contribution in [0.4, 0.5) is 8.78 Å². The van der Waals surface area contributed by atoms with Crippen LogP contribution >= 0.6 is 0 Å². The molecule has 0 aliphatic rings. The Kier molecular flexibility index (Phi) is 5.08. The molecule has 6 nitrogen and oxygen atoms in total. The van der Waals surface area contributed by atoms with Gasteiger partial charge in [-0.15, -0.1) is 5.10 Å². The molecule has 0 bridgehead atoms. The number of hydrogen-bond acceptors (Lipinski definition) is 5. The van der Waals surface area contributed by atoms with Crippen molar-refractivity contribution < 1.29 is 17.2 Å². The molecule has 0 spiro atoms. The third-order valence-corrected chi connectivity index (χ3v) is 5.50. The predicted molar refractivity (Wildman–Crippen MR) is 92.3 cm³/mol. The maximum absolute atomic E-state index is 14.8. The van der Waals surface area contributed by atoms with Crippen molar-refractivity contribution >= 4 is 9.84 Å². The Bertz CT molecular complexity index is 1020. The average Bonchev–Trinajstić information content (AvgIpc) is 3.08. The Hall–Kier alpha value is -2.68. The van der Waals surface area contributed by atoms with Crippen LogP contribution in [-0.2, 0) is 15.6 Å². The molecule has 0 aliphatic heterocycles. The molecule has 0 amide bonds. The summed E-state index contributed by atoms with van der Waals surface area (Å²) in [6.45, 7) is 1.72. The highest BCUT2D eigenvalue weighted by atomic mass is 32.2. The number of benzene rings is 1. The predicted octanol–water partition coefficient (Wildman–Crippen LogP) is 2.93. The van der Waals surface area contributed by atoms with Crippen molar-refractivity contribution in [2.75, 3.05) is 5.75 Å². The van der Waals surface area contributed by atoms with Crippen molar-refractivity contribution in [3.8, 4) is 16.9 Å². The minimum atomic E-state index is -3.47. The highest BCUT2D eigenvalue weighted by Gasteiger charge is 2.21. The summed E-state index contributed by atoms with van der Waals surface area (Å²) in [7, 11) is -3.47. The molecule has 0 fully saturated rings. The van der Waals surface area contributed by atoms with Crippen LogP contribution < -0.4 is 0 Å². The van der Waals surface area contributed by atoms with Gasteiger partial charge >= 0.3 is 0 Å². The van der Waals surface area contributed by atoms with Crippen LogP contribution in [-0.4, -0.2) is 34.1 Å². The zero-order chi connectivity index (χ0) is 18.7. The topological polar surface area (TPSA) is 77.7 Å². The van der Waals surface area contributed by atoms with Gasteiger partial charge in [-0.25, -0.2) is 21.9 Å². The summed E-state index contributed by atoms with van der Waals surface area (Å²) in [6, 6.07) is 5.61. The zero-order valence-corrected chi connectivity index (χ0v) is 14.7. The molecule has 0 atom stereocenters. The van der Waals surface area contributed by atoms with E-state index in [1.165, 1.54) is 6.20 Å². The summed E-state index contributed by atoms with van der Waals surface area (Å²) in [6.07, 6.45) is 4.93. The molecule has 0 N–H and O–H groups in total. The summed E-state index contributed by atoms with van der Waals surface area (Å²) < 4.78 is 53.9. The van der Waals surface area contributed by atoms with Gasteiger partial charge in [-0.1, -0.05) is 18.2 Å². The monoisotopic (exact) mass is 378 g/mol. The van der Waals surface area contributed by atoms with Crippen LogP contribution in [0.2, 0.25) is 0 Å². The van der Waals surface area contributed by atoms with Gasteiger partial charge in [0.15, 0.2) is 21.5 Å². The van der Waals surface area contributed by atoms with E-state index in [2.05, 4.69) is 15.3 Å². The molecule has 0 unspecified atom stereocenters. The van der Waals surface area contributed by atoms with Crippen LogP contribution in [0.15, 0.2) is 42.9 Å². The van der Waals surface area contributed by atoms with Crippen LogP contribution in [0, 0.1) is 11.6 Å². The summed E-state index contributed by atoms with van der Waals surface area (Å²) >= 11 is 0. The van der Waals surface area contributed by atoms with Gasteiger partial charge in [0.25, 0.3) is 0 Å². The van der Waals surface area contributed by atoms with Crippen molar-refractivity contribution in [2.24, 2.45) is 0 Å². The Balaban J connectivity index is 2.01. The number of pyridine rings is 1. The molecule has 1 aromatic carbocycles. The summed E-state index contributed by atoms with van der Waals surface area (Å²) in [4.78, 5) is 3.96. The lowest BCUT2D eigenvalue weighted by Crippen LogP contribution is -2.12. The van der Waals surface area contributed by atoms with Gasteiger partial charge in [-0.3, -0.25) is 4.98 Å². The van der Waals surface area contributed by atoms with E-state index in [1.807, 2.05) is 0 Å². The second kappa shape index (κ2) is 7.28. The van der Waals surface area contributed by atoms with E-state index < -0.39 is 32.9 Å². The SMILES string of the molecule is CCCS(=O)(=O)Cc1ccc(F)c(-n2cc(-c3cccnc3)nn2)c1F. The van der Waals surface area contributed by atoms with Crippen molar-refractivity contribution in [3.63, 3.8) is 0 Å². The fraction of sp³-hybridized carbons (Fsp3) is 0.235. The molecule has 3 aromatic rings. The summed E-state index contributed by atoms with van der Waals surface area (Å²) in [5.41, 5.74) is 0.465. The minimum absolute atomic E-state index is 0.0619. The molecule has 2 heterocycles. The molecule has 0 saturated heterocycles. The zero-order valence-electron chi connectivity index (χ0n) is 13.9. The lowest BCUT2D eigenvalue weighted by Gasteiger charge is -2.09. The van der Waals surface area contributed by atoms with Crippen molar-refractivity contribution in [1.82, 2.24) is 20.0 Å². The second-order valence-electron chi connectivity index (χ2n) is 5.75. The first kappa shape index (κ1) is 18.1. The molecule has 136 valence electrons. The summed E-state index contributed by atoms with van der Waals surface area (Å²) in [5, 5.41) is 7.67. The van der Waals surface area contributed by atoms with Gasteiger partial charge in [0, 0.05) is 23.5 Å². The van der Waals surface area contributed by atoms with E-state index >= 15 is 0 Å². The Morgan fingerprint density at radius 3 is 2.69 bits per heavy atom. The Morgan fingerprint density at radius 2 is 2.00 bits per heavy atom. The third kappa shape index (κ3) is 3.77. The molecule has 2 aromatic heterocycles. The largest absolute Gasteiger partial charge is 0.264 e. The number of hydrogen-bond donors (Lipinski definition) is 0. The molecule has 3 rings (SSSR count).